The molecule has 0 spiro atoms. The van der Waals surface area contributed by atoms with Gasteiger partial charge in [0.25, 0.3) is 0 Å². The number of carbonyl (C=O) groups is 1. The highest BCUT2D eigenvalue weighted by atomic mass is 35.5. The molecule has 152 valence electrons. The van der Waals surface area contributed by atoms with Gasteiger partial charge in [0.2, 0.25) is 0 Å². The first-order valence-corrected chi connectivity index (χ1v) is 10.1. The van der Waals surface area contributed by atoms with Gasteiger partial charge in [0.05, 0.1) is 7.85 Å². The third kappa shape index (κ3) is 5.18. The molecule has 1 aromatic heterocycles. The molecular weight excluding hydrogens is 385 g/mol. The van der Waals surface area contributed by atoms with Crippen LogP contribution < -0.4 is 4.74 Å². The summed E-state index contributed by atoms with van der Waals surface area (Å²) in [7, 11) is 6.14. The molecular formula is C22H27BClN3O2. The number of esters is 1. The minimum Gasteiger partial charge on any atom is -0.424 e. The van der Waals surface area contributed by atoms with E-state index in [1.807, 2.05) is 32.9 Å². The first-order valence-electron chi connectivity index (χ1n) is 9.71. The Balaban J connectivity index is 0.00000145. The normalized spacial score (nSPS) is 12.3. The van der Waals surface area contributed by atoms with Crippen molar-refractivity contribution in [2.45, 2.75) is 59.7 Å². The lowest BCUT2D eigenvalue weighted by Gasteiger charge is -2.25. The van der Waals surface area contributed by atoms with Crippen LogP contribution in [0.4, 0.5) is 0 Å². The molecule has 0 amide bonds. The molecule has 2 aromatic carbocycles. The second-order valence-electron chi connectivity index (χ2n) is 7.67. The number of halogens is 1. The quantitative estimate of drug-likeness (QED) is 0.322. The summed E-state index contributed by atoms with van der Waals surface area (Å²) in [6, 6.07) is 9.14. The fourth-order valence-electron chi connectivity index (χ4n) is 2.85. The molecule has 29 heavy (non-hydrogen) atoms. The van der Waals surface area contributed by atoms with Crippen LogP contribution in [0.2, 0.25) is 5.02 Å². The van der Waals surface area contributed by atoms with Crippen molar-refractivity contribution in [2.24, 2.45) is 0 Å². The fraction of sp³-hybridized carbons (Fsp3) is 0.409. The minimum absolute atomic E-state index is 0.198. The van der Waals surface area contributed by atoms with Crippen LogP contribution in [-0.4, -0.2) is 28.8 Å². The van der Waals surface area contributed by atoms with Crippen LogP contribution >= 0.6 is 11.6 Å². The number of aromatic nitrogens is 3. The van der Waals surface area contributed by atoms with Crippen LogP contribution in [0.1, 0.15) is 65.4 Å². The summed E-state index contributed by atoms with van der Waals surface area (Å²) in [6.45, 7) is 13.4. The van der Waals surface area contributed by atoms with Crippen molar-refractivity contribution < 1.29 is 9.53 Å². The summed E-state index contributed by atoms with van der Waals surface area (Å²) in [5.74, 6) is -0.170. The van der Waals surface area contributed by atoms with Crippen molar-refractivity contribution in [3.63, 3.8) is 0 Å². The maximum Gasteiger partial charge on any atom is 0.308 e. The highest BCUT2D eigenvalue weighted by Crippen LogP contribution is 2.38. The average Bonchev–Trinajstić information content (AvgIpc) is 3.04. The third-order valence-electron chi connectivity index (χ3n) is 4.23. The van der Waals surface area contributed by atoms with Gasteiger partial charge in [0, 0.05) is 17.5 Å². The van der Waals surface area contributed by atoms with E-state index in [2.05, 4.69) is 31.0 Å². The van der Waals surface area contributed by atoms with Gasteiger partial charge in [-0.3, -0.25) is 4.79 Å². The van der Waals surface area contributed by atoms with Gasteiger partial charge in [-0.25, -0.2) is 0 Å². The zero-order valence-electron chi connectivity index (χ0n) is 18.1. The van der Waals surface area contributed by atoms with Crippen LogP contribution in [0.15, 0.2) is 30.3 Å². The molecule has 1 heterocycles. The zero-order valence-corrected chi connectivity index (χ0v) is 18.8. The molecule has 0 aliphatic carbocycles. The van der Waals surface area contributed by atoms with Crippen molar-refractivity contribution in [1.29, 1.82) is 0 Å². The Morgan fingerprint density at radius 3 is 2.31 bits per heavy atom. The molecule has 0 bridgehead atoms. The number of ether oxygens (including phenoxy) is 1. The largest absolute Gasteiger partial charge is 0.424 e. The van der Waals surface area contributed by atoms with Crippen LogP contribution in [0.5, 0.6) is 5.75 Å². The molecule has 3 rings (SSSR count). The van der Waals surface area contributed by atoms with E-state index < -0.39 is 5.97 Å². The second kappa shape index (κ2) is 8.99. The van der Waals surface area contributed by atoms with Crippen molar-refractivity contribution in [3.05, 3.63) is 46.5 Å². The Bertz CT molecular complexity index is 1020. The number of nitrogens with zero attached hydrogens (tertiary/aromatic N) is 3. The monoisotopic (exact) mass is 411 g/mol. The first kappa shape index (κ1) is 22.9. The topological polar surface area (TPSA) is 57.0 Å². The lowest BCUT2D eigenvalue weighted by Crippen LogP contribution is -2.18. The van der Waals surface area contributed by atoms with Crippen LogP contribution in [0.25, 0.3) is 16.7 Å². The molecule has 3 aromatic rings. The van der Waals surface area contributed by atoms with Gasteiger partial charge in [0.1, 0.15) is 16.7 Å². The third-order valence-corrected chi connectivity index (χ3v) is 4.46. The maximum atomic E-state index is 11.8. The van der Waals surface area contributed by atoms with E-state index in [4.69, 9.17) is 24.2 Å². The Morgan fingerprint density at radius 2 is 1.76 bits per heavy atom. The average molecular weight is 412 g/mol. The van der Waals surface area contributed by atoms with E-state index in [-0.39, 0.29) is 11.2 Å². The molecule has 0 N–H and O–H groups in total. The van der Waals surface area contributed by atoms with Gasteiger partial charge >= 0.3 is 5.97 Å². The van der Waals surface area contributed by atoms with Crippen molar-refractivity contribution in [3.8, 4) is 11.4 Å². The first-order chi connectivity index (χ1) is 13.6. The molecule has 0 aliphatic heterocycles. The lowest BCUT2D eigenvalue weighted by molar-refractivity contribution is -0.131. The number of benzene rings is 2. The van der Waals surface area contributed by atoms with Crippen LogP contribution in [0, 0.1) is 0 Å². The molecule has 1 atom stereocenters. The van der Waals surface area contributed by atoms with Crippen LogP contribution in [-0.2, 0) is 10.2 Å². The summed E-state index contributed by atoms with van der Waals surface area (Å²) < 4.78 is 5.61. The second-order valence-corrected chi connectivity index (χ2v) is 8.11. The standard InChI is InChI=1S/C20H21BClN3O2.C2H6/c1-11(21)13-8-15(20(3,4)5)19(27-12(2)26)18(9-13)25-23-16-7-6-14(22)10-17(16)24-25;1-2/h6-11H,1-5H3;1-2H3. The number of carbonyl (C=O) groups excluding carboxylic acids is 1. The molecule has 0 aliphatic rings. The van der Waals surface area contributed by atoms with E-state index in [0.717, 1.165) is 11.1 Å². The maximum absolute atomic E-state index is 11.8. The van der Waals surface area contributed by atoms with Crippen LogP contribution in [0.3, 0.4) is 0 Å². The molecule has 1 unspecified atom stereocenters. The van der Waals surface area contributed by atoms with Gasteiger partial charge < -0.3 is 4.74 Å². The van der Waals surface area contributed by atoms with Crippen molar-refractivity contribution in [2.75, 3.05) is 0 Å². The number of hydrogen-bond donors (Lipinski definition) is 0. The van der Waals surface area contributed by atoms with E-state index in [0.29, 0.717) is 27.5 Å². The van der Waals surface area contributed by atoms with E-state index >= 15 is 0 Å². The van der Waals surface area contributed by atoms with E-state index in [9.17, 15) is 4.79 Å². The van der Waals surface area contributed by atoms with Crippen molar-refractivity contribution >= 4 is 36.4 Å². The zero-order chi connectivity index (χ0) is 21.9. The molecule has 0 fully saturated rings. The van der Waals surface area contributed by atoms with Gasteiger partial charge in [-0.15, -0.1) is 15.0 Å². The van der Waals surface area contributed by atoms with E-state index in [1.165, 1.54) is 11.7 Å². The summed E-state index contributed by atoms with van der Waals surface area (Å²) in [5.41, 5.74) is 3.40. The molecule has 0 saturated carbocycles. The predicted octanol–water partition coefficient (Wildman–Crippen LogP) is 5.55. The summed E-state index contributed by atoms with van der Waals surface area (Å²) in [6.07, 6.45) is 0. The minimum atomic E-state index is -0.407. The molecule has 0 saturated heterocycles. The SMILES string of the molecule is CC.[B]C(C)c1cc(-n2nc3ccc(Cl)cc3n2)c(OC(C)=O)c(C(C)(C)C)c1. The predicted molar refractivity (Wildman–Crippen MR) is 119 cm³/mol. The molecule has 7 heteroatoms. The Morgan fingerprint density at radius 1 is 1.14 bits per heavy atom. The number of rotatable bonds is 3. The summed E-state index contributed by atoms with van der Waals surface area (Å²) in [5, 5.41) is 9.63. The fourth-order valence-corrected chi connectivity index (χ4v) is 3.02. The van der Waals surface area contributed by atoms with Gasteiger partial charge in [-0.2, -0.15) is 0 Å². The smallest absolute Gasteiger partial charge is 0.308 e. The molecule has 2 radical (unpaired) electrons. The Kier molecular flexibility index (Phi) is 7.12. The summed E-state index contributed by atoms with van der Waals surface area (Å²) in [4.78, 5) is 13.3. The van der Waals surface area contributed by atoms with E-state index in [1.54, 1.807) is 18.2 Å². The number of fused-ring (bicyclic) bond motifs is 1. The lowest BCUT2D eigenvalue weighted by atomic mass is 9.78. The highest BCUT2D eigenvalue weighted by molar-refractivity contribution is 6.31. The van der Waals surface area contributed by atoms with Gasteiger partial charge in [-0.05, 0) is 29.7 Å². The van der Waals surface area contributed by atoms with Gasteiger partial charge in [0.15, 0.2) is 5.75 Å². The van der Waals surface area contributed by atoms with Crippen molar-refractivity contribution in [1.82, 2.24) is 15.0 Å². The Hall–Kier alpha value is -2.34. The molecule has 5 nitrogen and oxygen atoms in total. The Labute approximate surface area is 178 Å². The number of hydrogen-bond acceptors (Lipinski definition) is 4. The van der Waals surface area contributed by atoms with Gasteiger partial charge in [-0.1, -0.05) is 70.6 Å². The highest BCUT2D eigenvalue weighted by Gasteiger charge is 2.26. The summed E-state index contributed by atoms with van der Waals surface area (Å²) >= 11 is 6.06.